The number of hydrogen-bond donors (Lipinski definition) is 1. The molecule has 0 bridgehead atoms. The van der Waals surface area contributed by atoms with Gasteiger partial charge in [0.2, 0.25) is 0 Å². The first-order valence-electron chi connectivity index (χ1n) is 4.39. The highest BCUT2D eigenvalue weighted by molar-refractivity contribution is 5.38. The van der Waals surface area contributed by atoms with Crippen LogP contribution in [0.2, 0.25) is 0 Å². The molecule has 1 aromatic carbocycles. The molecule has 1 N–H and O–H groups in total. The van der Waals surface area contributed by atoms with Gasteiger partial charge in [0.1, 0.15) is 5.82 Å². The van der Waals surface area contributed by atoms with Crippen LogP contribution in [0, 0.1) is 17.6 Å². The van der Waals surface area contributed by atoms with Crippen LogP contribution in [0.4, 0.5) is 8.78 Å². The highest BCUT2D eigenvalue weighted by atomic mass is 19.1. The van der Waals surface area contributed by atoms with Crippen molar-refractivity contribution in [1.29, 1.82) is 0 Å². The predicted octanol–water partition coefficient (Wildman–Crippen LogP) is 2.03. The molecule has 0 saturated carbocycles. The van der Waals surface area contributed by atoms with E-state index in [2.05, 4.69) is 0 Å². The van der Waals surface area contributed by atoms with Gasteiger partial charge in [-0.25, -0.2) is 8.78 Å². The third-order valence-electron chi connectivity index (χ3n) is 2.39. The average Bonchev–Trinajstić information content (AvgIpc) is 2.12. The Hall–Kier alpha value is -1.16. The van der Waals surface area contributed by atoms with Crippen molar-refractivity contribution in [1.82, 2.24) is 0 Å². The Kier molecular flexibility index (Phi) is 2.15. The molecule has 1 heterocycles. The molecule has 2 rings (SSSR count). The van der Waals surface area contributed by atoms with Crippen LogP contribution in [0.5, 0.6) is 5.75 Å². The lowest BCUT2D eigenvalue weighted by Gasteiger charge is -2.27. The molecule has 76 valence electrons. The zero-order valence-electron chi connectivity index (χ0n) is 7.63. The lowest BCUT2D eigenvalue weighted by atomic mass is 9.94. The fourth-order valence-corrected chi connectivity index (χ4v) is 1.56. The molecule has 1 aromatic rings. The molecule has 0 aliphatic carbocycles. The lowest BCUT2D eigenvalue weighted by molar-refractivity contribution is 0.0572. The van der Waals surface area contributed by atoms with E-state index in [1.54, 1.807) is 6.92 Å². The van der Waals surface area contributed by atoms with Crippen LogP contribution in [0.3, 0.4) is 0 Å². The molecule has 2 nitrogen and oxygen atoms in total. The molecule has 0 radical (unpaired) electrons. The van der Waals surface area contributed by atoms with Gasteiger partial charge < -0.3 is 9.84 Å². The molecule has 0 spiro atoms. The average molecular weight is 200 g/mol. The maximum atomic E-state index is 13.2. The maximum Gasteiger partial charge on any atom is 0.168 e. The minimum atomic E-state index is -0.857. The number of halogens is 2. The van der Waals surface area contributed by atoms with Crippen LogP contribution in [-0.2, 0) is 0 Å². The fraction of sp³-hybridized carbons (Fsp3) is 0.400. The molecule has 0 aromatic heterocycles. The van der Waals surface area contributed by atoms with Crippen LogP contribution in [0.15, 0.2) is 12.1 Å². The summed E-state index contributed by atoms with van der Waals surface area (Å²) in [5, 5.41) is 9.67. The molecule has 1 aliphatic heterocycles. The fourth-order valence-electron chi connectivity index (χ4n) is 1.56. The van der Waals surface area contributed by atoms with Crippen LogP contribution in [0.25, 0.3) is 0 Å². The maximum absolute atomic E-state index is 13.2. The molecule has 0 amide bonds. The summed E-state index contributed by atoms with van der Waals surface area (Å²) >= 11 is 0. The lowest BCUT2D eigenvalue weighted by Crippen LogP contribution is -2.24. The molecule has 0 fully saturated rings. The molecule has 14 heavy (non-hydrogen) atoms. The van der Waals surface area contributed by atoms with Gasteiger partial charge in [0.15, 0.2) is 11.6 Å². The van der Waals surface area contributed by atoms with Gasteiger partial charge in [-0.15, -0.1) is 0 Å². The molecule has 1 aliphatic rings. The van der Waals surface area contributed by atoms with Crippen molar-refractivity contribution in [3.05, 3.63) is 29.3 Å². The Morgan fingerprint density at radius 1 is 1.43 bits per heavy atom. The summed E-state index contributed by atoms with van der Waals surface area (Å²) in [5.41, 5.74) is 0.196. The Morgan fingerprint density at radius 2 is 2.14 bits per heavy atom. The summed E-state index contributed by atoms with van der Waals surface area (Å²) in [4.78, 5) is 0. The molecule has 0 saturated heterocycles. The number of hydrogen-bond acceptors (Lipinski definition) is 2. The van der Waals surface area contributed by atoms with Crippen molar-refractivity contribution in [3.63, 3.8) is 0 Å². The van der Waals surface area contributed by atoms with Crippen LogP contribution in [-0.4, -0.2) is 11.7 Å². The summed E-state index contributed by atoms with van der Waals surface area (Å²) in [6, 6.07) is 1.86. The number of fused-ring (bicyclic) bond motifs is 1. The second kappa shape index (κ2) is 3.20. The molecular formula is C10H10F2O2. The van der Waals surface area contributed by atoms with E-state index in [0.717, 1.165) is 12.1 Å². The van der Waals surface area contributed by atoms with Gasteiger partial charge in [-0.2, -0.15) is 0 Å². The molecule has 4 heteroatoms. The van der Waals surface area contributed by atoms with E-state index in [1.807, 2.05) is 0 Å². The minimum Gasteiger partial charge on any atom is -0.490 e. The van der Waals surface area contributed by atoms with Crippen LogP contribution >= 0.6 is 0 Å². The second-order valence-electron chi connectivity index (χ2n) is 3.54. The number of ether oxygens (including phenoxy) is 1. The number of aliphatic hydroxyl groups excluding tert-OH is 1. The Morgan fingerprint density at radius 3 is 2.86 bits per heavy atom. The zero-order valence-corrected chi connectivity index (χ0v) is 7.63. The van der Waals surface area contributed by atoms with Gasteiger partial charge in [-0.3, -0.25) is 0 Å². The van der Waals surface area contributed by atoms with Gasteiger partial charge in [-0.05, 0) is 6.07 Å². The first-order chi connectivity index (χ1) is 6.59. The topological polar surface area (TPSA) is 29.5 Å². The van der Waals surface area contributed by atoms with Crippen molar-refractivity contribution < 1.29 is 18.6 Å². The van der Waals surface area contributed by atoms with E-state index < -0.39 is 17.7 Å². The van der Waals surface area contributed by atoms with E-state index in [-0.39, 0.29) is 23.8 Å². The Balaban J connectivity index is 2.54. The van der Waals surface area contributed by atoms with Gasteiger partial charge in [-0.1, -0.05) is 6.92 Å². The van der Waals surface area contributed by atoms with Crippen molar-refractivity contribution in [2.45, 2.75) is 13.0 Å². The van der Waals surface area contributed by atoms with Crippen molar-refractivity contribution in [3.8, 4) is 5.75 Å². The predicted molar refractivity (Wildman–Crippen MR) is 46.0 cm³/mol. The summed E-state index contributed by atoms with van der Waals surface area (Å²) in [6.45, 7) is 2.01. The standard InChI is InChI=1S/C10H10F2O2/c1-5-4-14-10-7(9(5)13)2-6(11)3-8(10)12/h2-3,5,9,13H,4H2,1H3/t5-,9?/m0/s1. The minimum absolute atomic E-state index is 0.0306. The van der Waals surface area contributed by atoms with Crippen molar-refractivity contribution in [2.24, 2.45) is 5.92 Å². The van der Waals surface area contributed by atoms with Crippen molar-refractivity contribution >= 4 is 0 Å². The summed E-state index contributed by atoms with van der Waals surface area (Å²) in [5.74, 6) is -1.63. The van der Waals surface area contributed by atoms with E-state index in [9.17, 15) is 13.9 Å². The van der Waals surface area contributed by atoms with Gasteiger partial charge in [0.05, 0.1) is 12.7 Å². The number of rotatable bonds is 0. The van der Waals surface area contributed by atoms with Crippen molar-refractivity contribution in [2.75, 3.05) is 6.61 Å². The number of aliphatic hydroxyl groups is 1. The SMILES string of the molecule is C[C@H]1COc2c(F)cc(F)cc2C1O. The van der Waals surface area contributed by atoms with Gasteiger partial charge >= 0.3 is 0 Å². The molecular weight excluding hydrogens is 190 g/mol. The Labute approximate surface area is 80.1 Å². The summed E-state index contributed by atoms with van der Waals surface area (Å²) in [7, 11) is 0. The third kappa shape index (κ3) is 1.35. The van der Waals surface area contributed by atoms with E-state index in [4.69, 9.17) is 4.74 Å². The van der Waals surface area contributed by atoms with Crippen LogP contribution < -0.4 is 4.74 Å². The summed E-state index contributed by atoms with van der Waals surface area (Å²) in [6.07, 6.45) is -0.857. The van der Waals surface area contributed by atoms with Gasteiger partial charge in [0.25, 0.3) is 0 Å². The van der Waals surface area contributed by atoms with Crippen LogP contribution in [0.1, 0.15) is 18.6 Å². The number of benzene rings is 1. The highest BCUT2D eigenvalue weighted by Gasteiger charge is 2.28. The highest BCUT2D eigenvalue weighted by Crippen LogP contribution is 2.37. The first-order valence-corrected chi connectivity index (χ1v) is 4.39. The smallest absolute Gasteiger partial charge is 0.168 e. The Bertz CT molecular complexity index is 365. The van der Waals surface area contributed by atoms with E-state index in [0.29, 0.717) is 0 Å². The summed E-state index contributed by atoms with van der Waals surface area (Å²) < 4.78 is 31.1. The zero-order chi connectivity index (χ0) is 10.3. The molecule has 1 unspecified atom stereocenters. The normalized spacial score (nSPS) is 25.4. The largest absolute Gasteiger partial charge is 0.490 e. The third-order valence-corrected chi connectivity index (χ3v) is 2.39. The monoisotopic (exact) mass is 200 g/mol. The van der Waals surface area contributed by atoms with Gasteiger partial charge in [0, 0.05) is 17.5 Å². The molecule has 2 atom stereocenters. The quantitative estimate of drug-likeness (QED) is 0.694. The van der Waals surface area contributed by atoms with E-state index in [1.165, 1.54) is 0 Å². The first kappa shape index (κ1) is 9.40. The second-order valence-corrected chi connectivity index (χ2v) is 3.54. The van der Waals surface area contributed by atoms with E-state index >= 15 is 0 Å².